The molecule has 0 N–H and O–H groups in total. The maximum absolute atomic E-state index is 4.58. The predicted molar refractivity (Wildman–Crippen MR) is 122 cm³/mol. The molecule has 2 aromatic rings. The second-order valence-electron chi connectivity index (χ2n) is 9.12. The summed E-state index contributed by atoms with van der Waals surface area (Å²) in [6.07, 6.45) is 11.9. The molecule has 3 heterocycles. The van der Waals surface area contributed by atoms with Gasteiger partial charge in [0.1, 0.15) is 0 Å². The number of hydrogen-bond acceptors (Lipinski definition) is 5. The van der Waals surface area contributed by atoms with Crippen LogP contribution in [0.25, 0.3) is 11.3 Å². The molecule has 1 aromatic carbocycles. The molecule has 0 radical (unpaired) electrons. The van der Waals surface area contributed by atoms with E-state index in [1.54, 1.807) is 11.8 Å². The van der Waals surface area contributed by atoms with Crippen molar-refractivity contribution in [2.24, 2.45) is 5.41 Å². The van der Waals surface area contributed by atoms with Crippen molar-refractivity contribution in [3.05, 3.63) is 36.4 Å². The molecule has 0 unspecified atom stereocenters. The molecule has 29 heavy (non-hydrogen) atoms. The highest BCUT2D eigenvalue weighted by molar-refractivity contribution is 7.98. The minimum Gasteiger partial charge on any atom is -0.355 e. The summed E-state index contributed by atoms with van der Waals surface area (Å²) in [5.41, 5.74) is 2.69. The average molecular weight is 409 g/mol. The van der Waals surface area contributed by atoms with Crippen LogP contribution in [-0.4, -0.2) is 53.6 Å². The first-order valence-electron chi connectivity index (χ1n) is 11.2. The summed E-state index contributed by atoms with van der Waals surface area (Å²) in [6, 6.07) is 13.7. The van der Waals surface area contributed by atoms with Crippen LogP contribution < -0.4 is 4.90 Å². The highest BCUT2D eigenvalue weighted by Gasteiger charge is 2.39. The lowest BCUT2D eigenvalue weighted by molar-refractivity contribution is 0.0305. The van der Waals surface area contributed by atoms with E-state index in [-0.39, 0.29) is 0 Å². The number of likely N-dealkylation sites (tertiary alicyclic amines) is 1. The number of benzene rings is 1. The number of rotatable bonds is 4. The van der Waals surface area contributed by atoms with E-state index in [0.717, 1.165) is 36.2 Å². The summed E-state index contributed by atoms with van der Waals surface area (Å²) in [7, 11) is 0. The third-order valence-corrected chi connectivity index (χ3v) is 8.34. The zero-order valence-electron chi connectivity index (χ0n) is 17.5. The molecule has 0 atom stereocenters. The van der Waals surface area contributed by atoms with E-state index in [1.807, 2.05) is 0 Å². The molecule has 0 amide bonds. The molecule has 5 rings (SSSR count). The van der Waals surface area contributed by atoms with Crippen molar-refractivity contribution in [2.75, 3.05) is 37.3 Å². The molecule has 1 aromatic heterocycles. The van der Waals surface area contributed by atoms with Crippen molar-refractivity contribution in [2.45, 2.75) is 55.9 Å². The van der Waals surface area contributed by atoms with Gasteiger partial charge in [0.15, 0.2) is 5.82 Å². The molecule has 2 saturated heterocycles. The van der Waals surface area contributed by atoms with E-state index in [2.05, 4.69) is 62.7 Å². The van der Waals surface area contributed by atoms with Gasteiger partial charge < -0.3 is 9.80 Å². The Morgan fingerprint density at radius 2 is 1.69 bits per heavy atom. The van der Waals surface area contributed by atoms with Crippen molar-refractivity contribution >= 4 is 17.6 Å². The monoisotopic (exact) mass is 408 g/mol. The van der Waals surface area contributed by atoms with Gasteiger partial charge in [-0.05, 0) is 87.6 Å². The Morgan fingerprint density at radius 3 is 2.31 bits per heavy atom. The third kappa shape index (κ3) is 4.04. The quantitative estimate of drug-likeness (QED) is 0.657. The Bertz CT molecular complexity index is 815. The Kier molecular flexibility index (Phi) is 5.53. The minimum absolute atomic E-state index is 0.586. The van der Waals surface area contributed by atoms with Crippen molar-refractivity contribution < 1.29 is 0 Å². The fourth-order valence-electron chi connectivity index (χ4n) is 5.26. The molecule has 1 aliphatic carbocycles. The van der Waals surface area contributed by atoms with Crippen LogP contribution in [0.5, 0.6) is 0 Å². The molecule has 3 fully saturated rings. The topological polar surface area (TPSA) is 32.3 Å². The van der Waals surface area contributed by atoms with Crippen LogP contribution in [0.2, 0.25) is 0 Å². The lowest BCUT2D eigenvalue weighted by atomic mass is 9.70. The van der Waals surface area contributed by atoms with Crippen LogP contribution >= 0.6 is 11.8 Å². The average Bonchev–Trinajstić information content (AvgIpc) is 2.75. The number of nitrogens with zero attached hydrogens (tertiary/aromatic N) is 4. The van der Waals surface area contributed by atoms with E-state index < -0.39 is 0 Å². The van der Waals surface area contributed by atoms with Gasteiger partial charge in [-0.15, -0.1) is 22.0 Å². The van der Waals surface area contributed by atoms with Crippen LogP contribution in [-0.2, 0) is 0 Å². The van der Waals surface area contributed by atoms with Gasteiger partial charge >= 0.3 is 0 Å². The second kappa shape index (κ2) is 8.27. The zero-order valence-corrected chi connectivity index (χ0v) is 18.3. The SMILES string of the molecule is CSc1cccc(-c2ccc(N3CCC4(CC3)CCN(C3CCC3)CC4)nn2)c1. The van der Waals surface area contributed by atoms with Crippen LogP contribution in [0.1, 0.15) is 44.9 Å². The second-order valence-corrected chi connectivity index (χ2v) is 10.00. The van der Waals surface area contributed by atoms with E-state index in [4.69, 9.17) is 0 Å². The van der Waals surface area contributed by atoms with Gasteiger partial charge in [-0.1, -0.05) is 18.6 Å². The standard InChI is InChI=1S/C24H32N4S/c1-29-21-7-2-4-19(18-21)22-8-9-23(26-25-22)28-16-12-24(13-17-28)10-14-27(15-11-24)20-5-3-6-20/h2,4,7-9,18,20H,3,5-6,10-17H2,1H3. The molecule has 4 nitrogen and oxygen atoms in total. The summed E-state index contributed by atoms with van der Waals surface area (Å²) in [6.45, 7) is 4.90. The first-order valence-corrected chi connectivity index (χ1v) is 12.4. The van der Waals surface area contributed by atoms with Crippen molar-refractivity contribution in [1.29, 1.82) is 0 Å². The smallest absolute Gasteiger partial charge is 0.151 e. The van der Waals surface area contributed by atoms with Gasteiger partial charge in [0, 0.05) is 29.6 Å². The summed E-state index contributed by atoms with van der Waals surface area (Å²) in [4.78, 5) is 6.48. The van der Waals surface area contributed by atoms with Gasteiger partial charge in [0.25, 0.3) is 0 Å². The van der Waals surface area contributed by atoms with Crippen LogP contribution in [0.3, 0.4) is 0 Å². The molecule has 3 aliphatic rings. The van der Waals surface area contributed by atoms with Crippen LogP contribution in [0, 0.1) is 5.41 Å². The van der Waals surface area contributed by atoms with E-state index in [1.165, 1.54) is 62.9 Å². The summed E-state index contributed by atoms with van der Waals surface area (Å²) in [5, 5.41) is 9.12. The Hall–Kier alpha value is -1.59. The predicted octanol–water partition coefficient (Wildman–Crippen LogP) is 5.10. The van der Waals surface area contributed by atoms with Gasteiger partial charge in [-0.25, -0.2) is 0 Å². The largest absolute Gasteiger partial charge is 0.355 e. The first kappa shape index (κ1) is 19.4. The Balaban J connectivity index is 1.19. The van der Waals surface area contributed by atoms with Crippen molar-refractivity contribution in [3.63, 3.8) is 0 Å². The molecule has 1 spiro atoms. The molecule has 154 valence electrons. The molecular formula is C24H32N4S. The van der Waals surface area contributed by atoms with E-state index in [0.29, 0.717) is 5.41 Å². The number of aromatic nitrogens is 2. The highest BCUT2D eigenvalue weighted by atomic mass is 32.2. The number of thioether (sulfide) groups is 1. The molecular weight excluding hydrogens is 376 g/mol. The molecule has 5 heteroatoms. The molecule has 1 saturated carbocycles. The number of hydrogen-bond donors (Lipinski definition) is 0. The third-order valence-electron chi connectivity index (χ3n) is 7.61. The maximum Gasteiger partial charge on any atom is 0.151 e. The van der Waals surface area contributed by atoms with E-state index >= 15 is 0 Å². The van der Waals surface area contributed by atoms with Gasteiger partial charge in [0.05, 0.1) is 5.69 Å². The van der Waals surface area contributed by atoms with Crippen molar-refractivity contribution in [3.8, 4) is 11.3 Å². The maximum atomic E-state index is 4.58. The normalized spacial score (nSPS) is 22.6. The minimum atomic E-state index is 0.586. The number of anilines is 1. The summed E-state index contributed by atoms with van der Waals surface area (Å²) >= 11 is 1.76. The lowest BCUT2D eigenvalue weighted by Gasteiger charge is -2.50. The fraction of sp³-hybridized carbons (Fsp3) is 0.583. The van der Waals surface area contributed by atoms with Gasteiger partial charge in [-0.2, -0.15) is 0 Å². The van der Waals surface area contributed by atoms with Crippen LogP contribution in [0.4, 0.5) is 5.82 Å². The van der Waals surface area contributed by atoms with E-state index in [9.17, 15) is 0 Å². The lowest BCUT2D eigenvalue weighted by Crippen LogP contribution is -2.51. The van der Waals surface area contributed by atoms with Gasteiger partial charge in [0.2, 0.25) is 0 Å². The summed E-state index contributed by atoms with van der Waals surface area (Å²) < 4.78 is 0. The first-order chi connectivity index (χ1) is 14.2. The van der Waals surface area contributed by atoms with Crippen LogP contribution in [0.15, 0.2) is 41.3 Å². The zero-order chi connectivity index (χ0) is 19.7. The van der Waals surface area contributed by atoms with Gasteiger partial charge in [-0.3, -0.25) is 0 Å². The molecule has 0 bridgehead atoms. The van der Waals surface area contributed by atoms with Crippen molar-refractivity contribution in [1.82, 2.24) is 15.1 Å². The number of piperidine rings is 2. The highest BCUT2D eigenvalue weighted by Crippen LogP contribution is 2.43. The fourth-order valence-corrected chi connectivity index (χ4v) is 5.72. The Labute approximate surface area is 179 Å². The summed E-state index contributed by atoms with van der Waals surface area (Å²) in [5.74, 6) is 1.04. The molecule has 2 aliphatic heterocycles. The Morgan fingerprint density at radius 1 is 0.931 bits per heavy atom.